The molecule has 0 atom stereocenters. The Morgan fingerprint density at radius 2 is 2.10 bits per heavy atom. The van der Waals surface area contributed by atoms with Gasteiger partial charge in [0.2, 0.25) is 0 Å². The highest BCUT2D eigenvalue weighted by molar-refractivity contribution is 6.01. The molecule has 4 nitrogen and oxygen atoms in total. The second kappa shape index (κ2) is 7.02. The van der Waals surface area contributed by atoms with Gasteiger partial charge < -0.3 is 15.8 Å². The molecule has 0 radical (unpaired) electrons. The van der Waals surface area contributed by atoms with Gasteiger partial charge >= 0.3 is 6.18 Å². The maximum atomic E-state index is 12.0. The first-order valence-corrected chi connectivity index (χ1v) is 6.21. The molecular formula is C13H17F3N2O2. The van der Waals surface area contributed by atoms with E-state index in [1.807, 2.05) is 0 Å². The number of alkyl halides is 3. The highest BCUT2D eigenvalue weighted by Gasteiger charge is 2.26. The number of hydrogen-bond donors (Lipinski definition) is 2. The molecule has 0 aliphatic carbocycles. The van der Waals surface area contributed by atoms with E-state index in [1.165, 1.54) is 6.07 Å². The normalized spacial score (nSPS) is 11.2. The standard InChI is InChI=1S/C13H17F3N2O2/c1-2-20-10-6-3-5-9(17)11(10)12(19)18-8-4-7-13(14,15)16/h3,5-6H,2,4,7-8,17H2,1H3,(H,18,19). The number of rotatable bonds is 6. The Balaban J connectivity index is 2.63. The number of anilines is 1. The van der Waals surface area contributed by atoms with Crippen molar-refractivity contribution in [1.82, 2.24) is 5.32 Å². The summed E-state index contributed by atoms with van der Waals surface area (Å²) < 4.78 is 41.2. The molecule has 0 unspecified atom stereocenters. The number of nitrogen functional groups attached to an aromatic ring is 1. The van der Waals surface area contributed by atoms with Crippen LogP contribution in [0.1, 0.15) is 30.1 Å². The van der Waals surface area contributed by atoms with Crippen LogP contribution in [0.4, 0.5) is 18.9 Å². The van der Waals surface area contributed by atoms with Gasteiger partial charge in [-0.1, -0.05) is 6.07 Å². The van der Waals surface area contributed by atoms with Crippen molar-refractivity contribution in [2.75, 3.05) is 18.9 Å². The van der Waals surface area contributed by atoms with E-state index in [-0.39, 0.29) is 24.2 Å². The van der Waals surface area contributed by atoms with Crippen LogP contribution >= 0.6 is 0 Å². The fourth-order valence-electron chi connectivity index (χ4n) is 1.65. The first-order chi connectivity index (χ1) is 9.35. The molecule has 112 valence electrons. The Hall–Kier alpha value is -1.92. The van der Waals surface area contributed by atoms with Crippen LogP contribution in [0.15, 0.2) is 18.2 Å². The molecule has 7 heteroatoms. The molecule has 1 aromatic rings. The van der Waals surface area contributed by atoms with Crippen LogP contribution in [-0.2, 0) is 0 Å². The molecule has 1 aromatic carbocycles. The second-order valence-electron chi connectivity index (χ2n) is 4.13. The number of ether oxygens (including phenoxy) is 1. The zero-order chi connectivity index (χ0) is 15.2. The third kappa shape index (κ3) is 4.99. The van der Waals surface area contributed by atoms with E-state index in [4.69, 9.17) is 10.5 Å². The van der Waals surface area contributed by atoms with Crippen molar-refractivity contribution >= 4 is 11.6 Å². The predicted octanol–water partition coefficient (Wildman–Crippen LogP) is 2.74. The van der Waals surface area contributed by atoms with Crippen molar-refractivity contribution in [2.24, 2.45) is 0 Å². The van der Waals surface area contributed by atoms with Gasteiger partial charge in [0.25, 0.3) is 5.91 Å². The second-order valence-corrected chi connectivity index (χ2v) is 4.13. The number of hydrogen-bond acceptors (Lipinski definition) is 3. The summed E-state index contributed by atoms with van der Waals surface area (Å²) in [5.41, 5.74) is 6.09. The molecule has 0 aliphatic rings. The summed E-state index contributed by atoms with van der Waals surface area (Å²) in [6.07, 6.45) is -5.32. The Labute approximate surface area is 115 Å². The summed E-state index contributed by atoms with van der Waals surface area (Å²) in [6.45, 7) is 2.05. The Kier molecular flexibility index (Phi) is 5.66. The van der Waals surface area contributed by atoms with Crippen molar-refractivity contribution in [3.05, 3.63) is 23.8 Å². The third-order valence-corrected chi connectivity index (χ3v) is 2.51. The van der Waals surface area contributed by atoms with Gasteiger partial charge in [0.1, 0.15) is 11.3 Å². The van der Waals surface area contributed by atoms with Gasteiger partial charge in [0, 0.05) is 18.7 Å². The number of nitrogens with two attached hydrogens (primary N) is 1. The zero-order valence-corrected chi connectivity index (χ0v) is 11.1. The molecule has 20 heavy (non-hydrogen) atoms. The van der Waals surface area contributed by atoms with Gasteiger partial charge in [0.15, 0.2) is 0 Å². The average molecular weight is 290 g/mol. The maximum absolute atomic E-state index is 12.0. The van der Waals surface area contributed by atoms with Gasteiger partial charge in [-0.05, 0) is 25.5 Å². The molecular weight excluding hydrogens is 273 g/mol. The lowest BCUT2D eigenvalue weighted by atomic mass is 10.1. The van der Waals surface area contributed by atoms with Crippen molar-refractivity contribution < 1.29 is 22.7 Å². The summed E-state index contributed by atoms with van der Waals surface area (Å²) in [4.78, 5) is 11.9. The smallest absolute Gasteiger partial charge is 0.389 e. The van der Waals surface area contributed by atoms with Gasteiger partial charge in [-0.3, -0.25) is 4.79 Å². The zero-order valence-electron chi connectivity index (χ0n) is 11.1. The van der Waals surface area contributed by atoms with Crippen molar-refractivity contribution in [2.45, 2.75) is 25.9 Å². The Morgan fingerprint density at radius 1 is 1.40 bits per heavy atom. The molecule has 0 heterocycles. The lowest BCUT2D eigenvalue weighted by Crippen LogP contribution is -2.27. The fraction of sp³-hybridized carbons (Fsp3) is 0.462. The van der Waals surface area contributed by atoms with E-state index in [0.717, 1.165) is 0 Å². The number of amides is 1. The van der Waals surface area contributed by atoms with E-state index >= 15 is 0 Å². The third-order valence-electron chi connectivity index (χ3n) is 2.51. The van der Waals surface area contributed by atoms with Crippen LogP contribution in [0.5, 0.6) is 5.75 Å². The molecule has 0 saturated carbocycles. The van der Waals surface area contributed by atoms with E-state index in [9.17, 15) is 18.0 Å². The molecule has 0 spiro atoms. The van der Waals surface area contributed by atoms with Crippen LogP contribution in [0.2, 0.25) is 0 Å². The monoisotopic (exact) mass is 290 g/mol. The molecule has 0 saturated heterocycles. The summed E-state index contributed by atoms with van der Waals surface area (Å²) in [6, 6.07) is 4.76. The first kappa shape index (κ1) is 16.1. The number of carbonyl (C=O) groups excluding carboxylic acids is 1. The van der Waals surface area contributed by atoms with Gasteiger partial charge in [-0.15, -0.1) is 0 Å². The number of halogens is 3. The molecule has 0 aromatic heterocycles. The van der Waals surface area contributed by atoms with Crippen LogP contribution in [-0.4, -0.2) is 25.2 Å². The SMILES string of the molecule is CCOc1cccc(N)c1C(=O)NCCCC(F)(F)F. The summed E-state index contributed by atoms with van der Waals surface area (Å²) in [5, 5.41) is 2.41. The Bertz CT molecular complexity index is 461. The van der Waals surface area contributed by atoms with Crippen LogP contribution < -0.4 is 15.8 Å². The fourth-order valence-corrected chi connectivity index (χ4v) is 1.65. The maximum Gasteiger partial charge on any atom is 0.389 e. The minimum absolute atomic E-state index is 0.0712. The van der Waals surface area contributed by atoms with Crippen LogP contribution in [0.3, 0.4) is 0 Å². The van der Waals surface area contributed by atoms with Gasteiger partial charge in [-0.2, -0.15) is 13.2 Å². The highest BCUT2D eigenvalue weighted by atomic mass is 19.4. The Morgan fingerprint density at radius 3 is 2.70 bits per heavy atom. The first-order valence-electron chi connectivity index (χ1n) is 6.21. The lowest BCUT2D eigenvalue weighted by Gasteiger charge is -2.13. The number of nitrogens with one attached hydrogen (secondary N) is 1. The van der Waals surface area contributed by atoms with E-state index in [1.54, 1.807) is 19.1 Å². The van der Waals surface area contributed by atoms with Gasteiger partial charge in [0.05, 0.1) is 6.61 Å². The van der Waals surface area contributed by atoms with Crippen molar-refractivity contribution in [3.63, 3.8) is 0 Å². The van der Waals surface area contributed by atoms with E-state index < -0.39 is 18.5 Å². The van der Waals surface area contributed by atoms with Gasteiger partial charge in [-0.25, -0.2) is 0 Å². The summed E-state index contributed by atoms with van der Waals surface area (Å²) in [5.74, 6) is -0.213. The molecule has 1 rings (SSSR count). The molecule has 1 amide bonds. The highest BCUT2D eigenvalue weighted by Crippen LogP contribution is 2.24. The summed E-state index contributed by atoms with van der Waals surface area (Å²) >= 11 is 0. The average Bonchev–Trinajstić information content (AvgIpc) is 2.34. The predicted molar refractivity (Wildman–Crippen MR) is 69.6 cm³/mol. The lowest BCUT2D eigenvalue weighted by molar-refractivity contribution is -0.135. The van der Waals surface area contributed by atoms with Crippen LogP contribution in [0.25, 0.3) is 0 Å². The van der Waals surface area contributed by atoms with E-state index in [2.05, 4.69) is 5.32 Å². The molecule has 0 fully saturated rings. The largest absolute Gasteiger partial charge is 0.493 e. The molecule has 0 bridgehead atoms. The number of benzene rings is 1. The quantitative estimate of drug-likeness (QED) is 0.625. The minimum Gasteiger partial charge on any atom is -0.493 e. The minimum atomic E-state index is -4.22. The van der Waals surface area contributed by atoms with Crippen molar-refractivity contribution in [1.29, 1.82) is 0 Å². The number of carbonyl (C=O) groups is 1. The topological polar surface area (TPSA) is 64.3 Å². The van der Waals surface area contributed by atoms with Crippen LogP contribution in [0, 0.1) is 0 Å². The van der Waals surface area contributed by atoms with E-state index in [0.29, 0.717) is 12.4 Å². The van der Waals surface area contributed by atoms with Crippen molar-refractivity contribution in [3.8, 4) is 5.75 Å². The summed E-state index contributed by atoms with van der Waals surface area (Å²) in [7, 11) is 0. The molecule has 0 aliphatic heterocycles. The molecule has 3 N–H and O–H groups in total.